The van der Waals surface area contributed by atoms with Crippen molar-refractivity contribution in [3.05, 3.63) is 23.9 Å². The number of pyridine rings is 1. The molecule has 0 aromatic carbocycles. The maximum Gasteiger partial charge on any atom is 0.217 e. The molecule has 0 aliphatic carbocycles. The minimum Gasteiger partial charge on any atom is -0.477 e. The lowest BCUT2D eigenvalue weighted by molar-refractivity contribution is 0.298. The third-order valence-corrected chi connectivity index (χ3v) is 1.77. The summed E-state index contributed by atoms with van der Waals surface area (Å²) in [5.74, 6) is 3.18. The Morgan fingerprint density at radius 3 is 3.14 bits per heavy atom. The predicted molar refractivity (Wildman–Crippen MR) is 55.7 cm³/mol. The third kappa shape index (κ3) is 3.08. The summed E-state index contributed by atoms with van der Waals surface area (Å²) in [6.07, 6.45) is 8.38. The Morgan fingerprint density at radius 1 is 1.57 bits per heavy atom. The molecule has 0 fully saturated rings. The second-order valence-corrected chi connectivity index (χ2v) is 2.83. The minimum absolute atomic E-state index is 0.443. The van der Waals surface area contributed by atoms with Gasteiger partial charge in [-0.3, -0.25) is 0 Å². The number of nitrogens with two attached hydrogens (primary N) is 1. The normalized spacial score (nSPS) is 9.43. The summed E-state index contributed by atoms with van der Waals surface area (Å²) in [5.41, 5.74) is 6.45. The van der Waals surface area contributed by atoms with Crippen LogP contribution in [0.2, 0.25) is 0 Å². The van der Waals surface area contributed by atoms with Gasteiger partial charge in [0.1, 0.15) is 0 Å². The van der Waals surface area contributed by atoms with Gasteiger partial charge in [-0.1, -0.05) is 6.07 Å². The number of aromatic nitrogens is 1. The number of hydrogen-bond acceptors (Lipinski definition) is 3. The zero-order valence-corrected chi connectivity index (χ0v) is 8.07. The summed E-state index contributed by atoms with van der Waals surface area (Å²) in [7, 11) is 0. The first-order valence-corrected chi connectivity index (χ1v) is 4.58. The second-order valence-electron chi connectivity index (χ2n) is 2.83. The van der Waals surface area contributed by atoms with E-state index in [-0.39, 0.29) is 0 Å². The Labute approximate surface area is 84.3 Å². The molecule has 14 heavy (non-hydrogen) atoms. The number of ether oxygens (including phenoxy) is 1. The zero-order valence-electron chi connectivity index (χ0n) is 8.07. The van der Waals surface area contributed by atoms with Gasteiger partial charge >= 0.3 is 0 Å². The topological polar surface area (TPSA) is 48.1 Å². The molecule has 0 saturated heterocycles. The lowest BCUT2D eigenvalue weighted by Crippen LogP contribution is -2.05. The van der Waals surface area contributed by atoms with Crippen molar-refractivity contribution in [2.75, 3.05) is 6.61 Å². The van der Waals surface area contributed by atoms with Gasteiger partial charge in [0.2, 0.25) is 5.88 Å². The number of terminal acetylenes is 1. The summed E-state index contributed by atoms with van der Waals surface area (Å²) < 4.78 is 5.44. The highest BCUT2D eigenvalue weighted by Gasteiger charge is 2.01. The molecule has 74 valence electrons. The second kappa shape index (κ2) is 6.01. The average Bonchev–Trinajstić information content (AvgIpc) is 2.25. The molecule has 3 heteroatoms. The highest BCUT2D eigenvalue weighted by molar-refractivity contribution is 5.24. The Kier molecular flexibility index (Phi) is 4.53. The fourth-order valence-corrected chi connectivity index (χ4v) is 1.05. The van der Waals surface area contributed by atoms with Crippen molar-refractivity contribution >= 4 is 0 Å². The van der Waals surface area contributed by atoms with Crippen LogP contribution in [0.3, 0.4) is 0 Å². The van der Waals surface area contributed by atoms with Gasteiger partial charge in [0.05, 0.1) is 6.61 Å². The van der Waals surface area contributed by atoms with Gasteiger partial charge in [0.25, 0.3) is 0 Å². The van der Waals surface area contributed by atoms with Crippen LogP contribution in [0, 0.1) is 12.3 Å². The Morgan fingerprint density at radius 2 is 2.43 bits per heavy atom. The van der Waals surface area contributed by atoms with E-state index in [9.17, 15) is 0 Å². The van der Waals surface area contributed by atoms with Crippen LogP contribution in [0.15, 0.2) is 18.3 Å². The monoisotopic (exact) mass is 190 g/mol. The molecule has 0 aliphatic rings. The van der Waals surface area contributed by atoms with E-state index in [1.54, 1.807) is 6.20 Å². The van der Waals surface area contributed by atoms with Crippen LogP contribution < -0.4 is 10.5 Å². The van der Waals surface area contributed by atoms with E-state index in [1.165, 1.54) is 0 Å². The zero-order chi connectivity index (χ0) is 10.2. The largest absolute Gasteiger partial charge is 0.477 e. The lowest BCUT2D eigenvalue weighted by atomic mass is 10.3. The van der Waals surface area contributed by atoms with Crippen molar-refractivity contribution in [1.82, 2.24) is 4.98 Å². The fourth-order valence-electron chi connectivity index (χ4n) is 1.05. The van der Waals surface area contributed by atoms with E-state index in [0.29, 0.717) is 19.0 Å². The quantitative estimate of drug-likeness (QED) is 0.563. The van der Waals surface area contributed by atoms with Crippen LogP contribution in [0.5, 0.6) is 5.88 Å². The molecule has 0 spiro atoms. The van der Waals surface area contributed by atoms with Crippen molar-refractivity contribution in [2.45, 2.75) is 19.4 Å². The SMILES string of the molecule is C#CCCCOc1ncccc1CN. The van der Waals surface area contributed by atoms with Crippen LogP contribution in [-0.4, -0.2) is 11.6 Å². The van der Waals surface area contributed by atoms with Gasteiger partial charge in [-0.2, -0.15) is 0 Å². The van der Waals surface area contributed by atoms with E-state index in [2.05, 4.69) is 10.9 Å². The molecule has 1 heterocycles. The van der Waals surface area contributed by atoms with Crippen LogP contribution in [0.4, 0.5) is 0 Å². The Hall–Kier alpha value is -1.53. The summed E-state index contributed by atoms with van der Waals surface area (Å²) in [6, 6.07) is 3.75. The van der Waals surface area contributed by atoms with Gasteiger partial charge in [-0.25, -0.2) is 4.98 Å². The number of unbranched alkanes of at least 4 members (excludes halogenated alkanes) is 1. The molecular weight excluding hydrogens is 176 g/mol. The van der Waals surface area contributed by atoms with Gasteiger partial charge < -0.3 is 10.5 Å². The fraction of sp³-hybridized carbons (Fsp3) is 0.364. The first kappa shape index (κ1) is 10.6. The van der Waals surface area contributed by atoms with Crippen LogP contribution in [0.25, 0.3) is 0 Å². The van der Waals surface area contributed by atoms with E-state index >= 15 is 0 Å². The highest BCUT2D eigenvalue weighted by atomic mass is 16.5. The lowest BCUT2D eigenvalue weighted by Gasteiger charge is -2.07. The van der Waals surface area contributed by atoms with Gasteiger partial charge in [-0.15, -0.1) is 12.3 Å². The summed E-state index contributed by atoms with van der Waals surface area (Å²) >= 11 is 0. The first-order chi connectivity index (χ1) is 6.88. The van der Waals surface area contributed by atoms with Crippen molar-refractivity contribution < 1.29 is 4.74 Å². The summed E-state index contributed by atoms with van der Waals surface area (Å²) in [4.78, 5) is 4.09. The molecule has 0 bridgehead atoms. The van der Waals surface area contributed by atoms with Crippen LogP contribution in [0.1, 0.15) is 18.4 Å². The smallest absolute Gasteiger partial charge is 0.217 e. The van der Waals surface area contributed by atoms with E-state index in [0.717, 1.165) is 18.4 Å². The van der Waals surface area contributed by atoms with E-state index in [1.807, 2.05) is 12.1 Å². The van der Waals surface area contributed by atoms with Gasteiger partial charge in [0, 0.05) is 24.7 Å². The highest BCUT2D eigenvalue weighted by Crippen LogP contribution is 2.13. The molecule has 0 radical (unpaired) electrons. The molecule has 0 amide bonds. The third-order valence-electron chi connectivity index (χ3n) is 1.77. The molecular formula is C11H14N2O. The first-order valence-electron chi connectivity index (χ1n) is 4.58. The summed E-state index contributed by atoms with van der Waals surface area (Å²) in [5, 5.41) is 0. The Balaban J connectivity index is 2.46. The van der Waals surface area contributed by atoms with E-state index < -0.39 is 0 Å². The molecule has 0 unspecified atom stereocenters. The average molecular weight is 190 g/mol. The molecule has 2 N–H and O–H groups in total. The Bertz CT molecular complexity index is 317. The van der Waals surface area contributed by atoms with Crippen LogP contribution >= 0.6 is 0 Å². The van der Waals surface area contributed by atoms with Crippen molar-refractivity contribution in [3.8, 4) is 18.2 Å². The molecule has 1 rings (SSSR count). The molecule has 3 nitrogen and oxygen atoms in total. The number of nitrogens with zero attached hydrogens (tertiary/aromatic N) is 1. The molecule has 0 saturated carbocycles. The maximum atomic E-state index is 5.53. The van der Waals surface area contributed by atoms with Crippen molar-refractivity contribution in [2.24, 2.45) is 5.73 Å². The number of hydrogen-bond donors (Lipinski definition) is 1. The van der Waals surface area contributed by atoms with Crippen molar-refractivity contribution in [1.29, 1.82) is 0 Å². The van der Waals surface area contributed by atoms with Gasteiger partial charge in [0.15, 0.2) is 0 Å². The van der Waals surface area contributed by atoms with E-state index in [4.69, 9.17) is 16.9 Å². The standard InChI is InChI=1S/C11H14N2O/c1-2-3-4-8-14-11-10(9-12)6-5-7-13-11/h1,5-7H,3-4,8-9,12H2. The summed E-state index contributed by atoms with van der Waals surface area (Å²) in [6.45, 7) is 1.03. The van der Waals surface area contributed by atoms with Crippen LogP contribution in [-0.2, 0) is 6.54 Å². The molecule has 0 atom stereocenters. The number of rotatable bonds is 5. The predicted octanol–water partition coefficient (Wildman–Crippen LogP) is 1.33. The molecule has 1 aromatic heterocycles. The molecule has 0 aliphatic heterocycles. The van der Waals surface area contributed by atoms with Crippen molar-refractivity contribution in [3.63, 3.8) is 0 Å². The molecule has 1 aromatic rings. The maximum absolute atomic E-state index is 5.53. The van der Waals surface area contributed by atoms with Gasteiger partial charge in [-0.05, 0) is 12.5 Å². The minimum atomic E-state index is 0.443.